The molecule has 0 aliphatic carbocycles. The molecule has 1 atom stereocenters. The molecule has 3 amide bonds. The second kappa shape index (κ2) is 10.7. The zero-order valence-electron chi connectivity index (χ0n) is 19.1. The molecule has 2 N–H and O–H groups in total. The summed E-state index contributed by atoms with van der Waals surface area (Å²) < 4.78 is 20.2. The highest BCUT2D eigenvalue weighted by Crippen LogP contribution is 2.29. The number of halogens is 1. The molecule has 4 rings (SSSR count). The summed E-state index contributed by atoms with van der Waals surface area (Å²) in [6, 6.07) is 7.98. The summed E-state index contributed by atoms with van der Waals surface area (Å²) >= 11 is 0. The number of pyridine rings is 1. The lowest BCUT2D eigenvalue weighted by Crippen LogP contribution is -2.36. The third-order valence-electron chi connectivity index (χ3n) is 5.69. The molecule has 0 unspecified atom stereocenters. The van der Waals surface area contributed by atoms with E-state index < -0.39 is 30.5 Å². The van der Waals surface area contributed by atoms with Crippen LogP contribution in [0.2, 0.25) is 0 Å². The van der Waals surface area contributed by atoms with Gasteiger partial charge in [-0.25, -0.2) is 19.2 Å². The number of amides is 3. The van der Waals surface area contributed by atoms with E-state index in [1.807, 2.05) is 4.90 Å². The van der Waals surface area contributed by atoms with Gasteiger partial charge >= 0.3 is 6.09 Å². The van der Waals surface area contributed by atoms with Crippen LogP contribution in [-0.2, 0) is 19.2 Å². The number of aliphatic hydroxyl groups excluding tert-OH is 1. The Morgan fingerprint density at radius 3 is 2.74 bits per heavy atom. The highest BCUT2D eigenvalue weighted by Gasteiger charge is 2.32. The van der Waals surface area contributed by atoms with E-state index in [1.54, 1.807) is 30.5 Å². The van der Waals surface area contributed by atoms with E-state index in [1.165, 1.54) is 17.9 Å². The number of cyclic esters (lactones) is 1. The lowest BCUT2D eigenvalue weighted by molar-refractivity contribution is -0.184. The molecule has 1 aromatic heterocycles. The number of nitrogens with zero attached hydrogens (tertiary/aromatic N) is 4. The number of carbonyl (C=O) groups excluding carboxylic acids is 3. The first-order valence-electron chi connectivity index (χ1n) is 11.1. The summed E-state index contributed by atoms with van der Waals surface area (Å²) in [6.07, 6.45) is 0.451. The minimum atomic E-state index is -0.617. The Morgan fingerprint density at radius 1 is 1.23 bits per heavy atom. The maximum absolute atomic E-state index is 15.0. The van der Waals surface area contributed by atoms with Gasteiger partial charge in [-0.05, 0) is 30.3 Å². The highest BCUT2D eigenvalue weighted by atomic mass is 19.1. The average Bonchev–Trinajstić information content (AvgIpc) is 3.06. The fraction of sp³-hybridized carbons (Fsp3) is 0.391. The Hall–Kier alpha value is -3.77. The first-order chi connectivity index (χ1) is 16.9. The average molecular weight is 487 g/mol. The molecule has 2 fully saturated rings. The number of aromatic nitrogens is 1. The third-order valence-corrected chi connectivity index (χ3v) is 5.69. The van der Waals surface area contributed by atoms with E-state index in [4.69, 9.17) is 14.7 Å². The molecular weight excluding hydrogens is 461 g/mol. The summed E-state index contributed by atoms with van der Waals surface area (Å²) in [5, 5.41) is 12.7. The van der Waals surface area contributed by atoms with Gasteiger partial charge in [0.2, 0.25) is 5.91 Å². The molecule has 2 aliphatic rings. The molecule has 2 saturated heterocycles. The molecule has 3 heterocycles. The smallest absolute Gasteiger partial charge is 0.414 e. The number of aliphatic hydroxyl groups is 1. The van der Waals surface area contributed by atoms with E-state index in [-0.39, 0.29) is 32.1 Å². The summed E-state index contributed by atoms with van der Waals surface area (Å²) in [7, 11) is 0. The van der Waals surface area contributed by atoms with Crippen molar-refractivity contribution in [3.05, 3.63) is 42.3 Å². The van der Waals surface area contributed by atoms with Crippen LogP contribution in [-0.4, -0.2) is 85.1 Å². The lowest BCUT2D eigenvalue weighted by Gasteiger charge is -2.21. The van der Waals surface area contributed by atoms with E-state index in [0.29, 0.717) is 35.7 Å². The van der Waals surface area contributed by atoms with Gasteiger partial charge in [-0.3, -0.25) is 19.3 Å². The van der Waals surface area contributed by atoms with Crippen molar-refractivity contribution >= 4 is 29.4 Å². The van der Waals surface area contributed by atoms with Gasteiger partial charge in [-0.15, -0.1) is 0 Å². The molecule has 11 nitrogen and oxygen atoms in total. The van der Waals surface area contributed by atoms with Gasteiger partial charge in [0, 0.05) is 37.3 Å². The van der Waals surface area contributed by atoms with Crippen molar-refractivity contribution in [2.45, 2.75) is 13.0 Å². The number of hydroxylamine groups is 2. The Labute approximate surface area is 201 Å². The molecule has 186 valence electrons. The summed E-state index contributed by atoms with van der Waals surface area (Å²) in [5.41, 5.74) is 1.25. The van der Waals surface area contributed by atoms with E-state index >= 15 is 0 Å². The normalized spacial score (nSPS) is 18.3. The topological polar surface area (TPSA) is 125 Å². The molecule has 35 heavy (non-hydrogen) atoms. The highest BCUT2D eigenvalue weighted by molar-refractivity contribution is 5.90. The number of benzene rings is 1. The maximum atomic E-state index is 15.0. The summed E-state index contributed by atoms with van der Waals surface area (Å²) in [4.78, 5) is 48.0. The third kappa shape index (κ3) is 5.66. The van der Waals surface area contributed by atoms with Crippen LogP contribution < -0.4 is 15.1 Å². The molecule has 12 heteroatoms. The lowest BCUT2D eigenvalue weighted by atomic mass is 10.1. The van der Waals surface area contributed by atoms with Crippen LogP contribution in [0.15, 0.2) is 36.5 Å². The van der Waals surface area contributed by atoms with Gasteiger partial charge in [0.25, 0.3) is 5.91 Å². The molecule has 0 spiro atoms. The predicted octanol–water partition coefficient (Wildman–Crippen LogP) is 0.921. The number of hydrogen-bond donors (Lipinski definition) is 2. The molecular formula is C23H26FN5O6. The molecule has 0 bridgehead atoms. The Kier molecular flexibility index (Phi) is 7.42. The molecule has 1 aromatic carbocycles. The minimum absolute atomic E-state index is 0.190. The van der Waals surface area contributed by atoms with Gasteiger partial charge in [0.1, 0.15) is 24.3 Å². The van der Waals surface area contributed by atoms with E-state index in [2.05, 4.69) is 10.3 Å². The van der Waals surface area contributed by atoms with Crippen LogP contribution in [0.5, 0.6) is 0 Å². The minimum Gasteiger partial charge on any atom is -0.442 e. The zero-order valence-corrected chi connectivity index (χ0v) is 19.1. The van der Waals surface area contributed by atoms with Crippen LogP contribution in [0.1, 0.15) is 6.92 Å². The predicted molar refractivity (Wildman–Crippen MR) is 123 cm³/mol. The Balaban J connectivity index is 1.42. The van der Waals surface area contributed by atoms with Crippen molar-refractivity contribution < 1.29 is 33.5 Å². The van der Waals surface area contributed by atoms with Crippen LogP contribution in [0, 0.1) is 5.82 Å². The summed E-state index contributed by atoms with van der Waals surface area (Å²) in [6.45, 7) is 2.66. The quantitative estimate of drug-likeness (QED) is 0.617. The zero-order chi connectivity index (χ0) is 24.9. The van der Waals surface area contributed by atoms with Gasteiger partial charge in [0.05, 0.1) is 31.9 Å². The van der Waals surface area contributed by atoms with Crippen molar-refractivity contribution in [1.82, 2.24) is 15.4 Å². The fourth-order valence-electron chi connectivity index (χ4n) is 3.89. The van der Waals surface area contributed by atoms with Gasteiger partial charge in [-0.1, -0.05) is 0 Å². The largest absolute Gasteiger partial charge is 0.442 e. The molecule has 2 aliphatic heterocycles. The van der Waals surface area contributed by atoms with Crippen LogP contribution in [0.4, 0.5) is 20.7 Å². The van der Waals surface area contributed by atoms with Crippen molar-refractivity contribution in [2.24, 2.45) is 0 Å². The SMILES string of the molecule is CC(=O)NC[C@H]1CN(c2ccc(-c3ccc(N4CCON(C(=O)CO)CC4)nc3)c(F)c2)C(=O)O1. The van der Waals surface area contributed by atoms with Crippen molar-refractivity contribution in [2.75, 3.05) is 55.7 Å². The fourth-order valence-corrected chi connectivity index (χ4v) is 3.89. The number of ether oxygens (including phenoxy) is 1. The number of nitrogens with one attached hydrogen (secondary N) is 1. The monoisotopic (exact) mass is 487 g/mol. The Bertz CT molecular complexity index is 1100. The second-order valence-electron chi connectivity index (χ2n) is 8.10. The van der Waals surface area contributed by atoms with Gasteiger partial charge in [0.15, 0.2) is 0 Å². The number of hydrogen-bond acceptors (Lipinski definition) is 8. The number of anilines is 2. The maximum Gasteiger partial charge on any atom is 0.414 e. The molecule has 2 aromatic rings. The number of carbonyl (C=O) groups is 3. The van der Waals surface area contributed by atoms with Crippen LogP contribution >= 0.6 is 0 Å². The van der Waals surface area contributed by atoms with Crippen molar-refractivity contribution in [1.29, 1.82) is 0 Å². The van der Waals surface area contributed by atoms with E-state index in [0.717, 1.165) is 5.06 Å². The number of rotatable bonds is 6. The van der Waals surface area contributed by atoms with E-state index in [9.17, 15) is 18.8 Å². The van der Waals surface area contributed by atoms with Crippen molar-refractivity contribution in [3.8, 4) is 11.1 Å². The molecule has 0 radical (unpaired) electrons. The first-order valence-corrected chi connectivity index (χ1v) is 11.1. The first kappa shape index (κ1) is 24.4. The standard InChI is InChI=1S/C23H26FN5O6/c1-15(31)25-12-18-13-28(23(33)35-18)17-3-4-19(20(24)10-17)16-2-5-21(26-11-16)27-6-7-29(22(32)14-30)34-9-8-27/h2-5,10-11,18,30H,6-9,12-14H2,1H3,(H,25,31)/t18-/m0/s1. The van der Waals surface area contributed by atoms with Crippen LogP contribution in [0.3, 0.4) is 0 Å². The second-order valence-corrected chi connectivity index (χ2v) is 8.10. The van der Waals surface area contributed by atoms with Gasteiger partial charge in [-0.2, -0.15) is 0 Å². The summed E-state index contributed by atoms with van der Waals surface area (Å²) in [5.74, 6) is -0.591. The van der Waals surface area contributed by atoms with Crippen LogP contribution in [0.25, 0.3) is 11.1 Å². The Morgan fingerprint density at radius 2 is 2.06 bits per heavy atom. The van der Waals surface area contributed by atoms with Gasteiger partial charge < -0.3 is 20.1 Å². The molecule has 0 saturated carbocycles. The van der Waals surface area contributed by atoms with Crippen molar-refractivity contribution in [3.63, 3.8) is 0 Å².